The number of nitrogens with one attached hydrogen (secondary N) is 1. The van der Waals surface area contributed by atoms with Crippen molar-refractivity contribution < 1.29 is 19.1 Å². The van der Waals surface area contributed by atoms with E-state index in [1.807, 2.05) is 78.9 Å². The van der Waals surface area contributed by atoms with Gasteiger partial charge in [0.1, 0.15) is 17.5 Å². The van der Waals surface area contributed by atoms with E-state index in [1.165, 1.54) is 7.11 Å². The zero-order chi connectivity index (χ0) is 21.8. The van der Waals surface area contributed by atoms with E-state index in [0.29, 0.717) is 23.5 Å². The van der Waals surface area contributed by atoms with Gasteiger partial charge < -0.3 is 20.5 Å². The highest BCUT2D eigenvalue weighted by Crippen LogP contribution is 2.33. The van der Waals surface area contributed by atoms with Crippen LogP contribution in [0.4, 0.5) is 5.69 Å². The summed E-state index contributed by atoms with van der Waals surface area (Å²) in [7, 11) is 1.32. The van der Waals surface area contributed by atoms with Gasteiger partial charge in [0.25, 0.3) is 5.91 Å². The SMILES string of the molecule is COC(=O)C(N)Cc1ccc(Oc2ccc(C=C3C(=O)Nc4ccccc43)cc2)cc1.Cl. The first-order valence-corrected chi connectivity index (χ1v) is 9.86. The molecule has 3 aromatic rings. The number of carbonyl (C=O) groups excluding carboxylic acids is 2. The summed E-state index contributed by atoms with van der Waals surface area (Å²) >= 11 is 0. The predicted octanol–water partition coefficient (Wildman–Crippen LogP) is 4.44. The van der Waals surface area contributed by atoms with E-state index < -0.39 is 12.0 Å². The van der Waals surface area contributed by atoms with Gasteiger partial charge in [0.15, 0.2) is 0 Å². The third-order valence-corrected chi connectivity index (χ3v) is 5.02. The second-order valence-electron chi connectivity index (χ2n) is 7.21. The number of esters is 1. The fourth-order valence-electron chi connectivity index (χ4n) is 3.40. The number of anilines is 1. The Morgan fingerprint density at radius 2 is 1.62 bits per heavy atom. The number of hydrogen-bond donors (Lipinski definition) is 2. The first-order valence-electron chi connectivity index (χ1n) is 9.86. The quantitative estimate of drug-likeness (QED) is 0.428. The van der Waals surface area contributed by atoms with Crippen molar-refractivity contribution >= 4 is 41.6 Å². The van der Waals surface area contributed by atoms with Gasteiger partial charge in [-0.2, -0.15) is 0 Å². The lowest BCUT2D eigenvalue weighted by molar-refractivity contribution is -0.142. The van der Waals surface area contributed by atoms with Gasteiger partial charge in [0.2, 0.25) is 0 Å². The van der Waals surface area contributed by atoms with Crippen LogP contribution in [0, 0.1) is 0 Å². The fourth-order valence-corrected chi connectivity index (χ4v) is 3.40. The van der Waals surface area contributed by atoms with Crippen LogP contribution in [0.15, 0.2) is 72.8 Å². The smallest absolute Gasteiger partial charge is 0.322 e. The Balaban J connectivity index is 0.00000289. The number of para-hydroxylation sites is 1. The Labute approximate surface area is 192 Å². The van der Waals surface area contributed by atoms with Crippen LogP contribution >= 0.6 is 12.4 Å². The fraction of sp³-hybridized carbons (Fsp3) is 0.120. The summed E-state index contributed by atoms with van der Waals surface area (Å²) in [6.07, 6.45) is 2.26. The van der Waals surface area contributed by atoms with Crippen LogP contribution in [0.1, 0.15) is 16.7 Å². The van der Waals surface area contributed by atoms with E-state index in [9.17, 15) is 9.59 Å². The molecule has 4 rings (SSSR count). The van der Waals surface area contributed by atoms with Crippen molar-refractivity contribution in [1.82, 2.24) is 0 Å². The topological polar surface area (TPSA) is 90.7 Å². The maximum atomic E-state index is 12.3. The lowest BCUT2D eigenvalue weighted by Gasteiger charge is -2.10. The number of carbonyl (C=O) groups is 2. The number of ether oxygens (including phenoxy) is 2. The Bertz CT molecular complexity index is 1140. The molecule has 1 aliphatic heterocycles. The summed E-state index contributed by atoms with van der Waals surface area (Å²) in [4.78, 5) is 23.7. The molecule has 3 N–H and O–H groups in total. The van der Waals surface area contributed by atoms with Gasteiger partial charge in [-0.15, -0.1) is 12.4 Å². The number of halogens is 1. The number of methoxy groups -OCH3 is 1. The summed E-state index contributed by atoms with van der Waals surface area (Å²) in [5.74, 6) is 0.811. The Kier molecular flexibility index (Phi) is 7.30. The van der Waals surface area contributed by atoms with Crippen LogP contribution in [-0.2, 0) is 20.7 Å². The van der Waals surface area contributed by atoms with Crippen LogP contribution < -0.4 is 15.8 Å². The molecule has 3 aromatic carbocycles. The molecule has 0 saturated carbocycles. The average Bonchev–Trinajstić information content (AvgIpc) is 3.10. The molecule has 164 valence electrons. The van der Waals surface area contributed by atoms with Crippen molar-refractivity contribution in [3.8, 4) is 11.5 Å². The predicted molar refractivity (Wildman–Crippen MR) is 127 cm³/mol. The Morgan fingerprint density at radius 3 is 2.28 bits per heavy atom. The van der Waals surface area contributed by atoms with Crippen molar-refractivity contribution in [1.29, 1.82) is 0 Å². The van der Waals surface area contributed by atoms with Gasteiger partial charge in [-0.05, 0) is 54.0 Å². The van der Waals surface area contributed by atoms with Crippen LogP contribution in [0.5, 0.6) is 11.5 Å². The summed E-state index contributed by atoms with van der Waals surface area (Å²) in [6, 6.07) is 21.8. The number of nitrogens with two attached hydrogens (primary N) is 1. The molecular formula is C25H23ClN2O4. The Hall–Kier alpha value is -3.61. The summed E-state index contributed by atoms with van der Waals surface area (Å²) in [5, 5.41) is 2.87. The first-order chi connectivity index (χ1) is 15.0. The van der Waals surface area contributed by atoms with Gasteiger partial charge in [-0.3, -0.25) is 9.59 Å². The maximum absolute atomic E-state index is 12.3. The molecule has 0 aliphatic carbocycles. The molecule has 0 aromatic heterocycles. The molecular weight excluding hydrogens is 428 g/mol. The van der Waals surface area contributed by atoms with E-state index in [2.05, 4.69) is 10.1 Å². The number of benzene rings is 3. The van der Waals surface area contributed by atoms with Crippen molar-refractivity contribution in [2.24, 2.45) is 5.73 Å². The van der Waals surface area contributed by atoms with Gasteiger partial charge in [0, 0.05) is 16.8 Å². The molecule has 32 heavy (non-hydrogen) atoms. The molecule has 1 aliphatic rings. The second-order valence-corrected chi connectivity index (χ2v) is 7.21. The third-order valence-electron chi connectivity index (χ3n) is 5.02. The molecule has 0 saturated heterocycles. The molecule has 0 bridgehead atoms. The lowest BCUT2D eigenvalue weighted by Crippen LogP contribution is -2.33. The molecule has 1 amide bonds. The van der Waals surface area contributed by atoms with Crippen molar-refractivity contribution in [3.05, 3.63) is 89.5 Å². The average molecular weight is 451 g/mol. The molecule has 0 fully saturated rings. The zero-order valence-electron chi connectivity index (χ0n) is 17.4. The Morgan fingerprint density at radius 1 is 1.00 bits per heavy atom. The van der Waals surface area contributed by atoms with E-state index in [0.717, 1.165) is 22.4 Å². The maximum Gasteiger partial charge on any atom is 0.322 e. The molecule has 1 atom stereocenters. The van der Waals surface area contributed by atoms with E-state index in [4.69, 9.17) is 10.5 Å². The van der Waals surface area contributed by atoms with E-state index >= 15 is 0 Å². The molecule has 1 unspecified atom stereocenters. The number of amides is 1. The molecule has 1 heterocycles. The van der Waals surface area contributed by atoms with E-state index in [1.54, 1.807) is 0 Å². The van der Waals surface area contributed by atoms with Crippen LogP contribution in [-0.4, -0.2) is 25.0 Å². The minimum Gasteiger partial charge on any atom is -0.468 e. The lowest BCUT2D eigenvalue weighted by atomic mass is 10.0. The first kappa shape index (κ1) is 23.1. The highest BCUT2D eigenvalue weighted by Gasteiger charge is 2.23. The summed E-state index contributed by atoms with van der Waals surface area (Å²) in [5.41, 5.74) is 9.99. The number of rotatable bonds is 6. The minimum atomic E-state index is -0.688. The van der Waals surface area contributed by atoms with Crippen molar-refractivity contribution in [3.63, 3.8) is 0 Å². The number of fused-ring (bicyclic) bond motifs is 1. The highest BCUT2D eigenvalue weighted by molar-refractivity contribution is 6.34. The van der Waals surface area contributed by atoms with Gasteiger partial charge >= 0.3 is 5.97 Å². The summed E-state index contributed by atoms with van der Waals surface area (Å²) in [6.45, 7) is 0. The van der Waals surface area contributed by atoms with E-state index in [-0.39, 0.29) is 18.3 Å². The summed E-state index contributed by atoms with van der Waals surface area (Å²) < 4.78 is 10.5. The normalized spacial score (nSPS) is 14.2. The molecule has 6 nitrogen and oxygen atoms in total. The van der Waals surface area contributed by atoms with Crippen molar-refractivity contribution in [2.75, 3.05) is 12.4 Å². The monoisotopic (exact) mass is 450 g/mol. The largest absolute Gasteiger partial charge is 0.468 e. The van der Waals surface area contributed by atoms with Crippen LogP contribution in [0.2, 0.25) is 0 Å². The van der Waals surface area contributed by atoms with Gasteiger partial charge in [-0.1, -0.05) is 42.5 Å². The standard InChI is InChI=1S/C25H22N2O4.ClH/c1-30-25(29)22(26)15-17-8-12-19(13-9-17)31-18-10-6-16(7-11-18)14-21-20-4-2-3-5-23(20)27-24(21)28;/h2-14,22H,15,26H2,1H3,(H,27,28);1H. The van der Waals surface area contributed by atoms with Crippen molar-refractivity contribution in [2.45, 2.75) is 12.5 Å². The van der Waals surface area contributed by atoms with Gasteiger partial charge in [0.05, 0.1) is 7.11 Å². The minimum absolute atomic E-state index is 0. The van der Waals surface area contributed by atoms with Crippen LogP contribution in [0.3, 0.4) is 0 Å². The van der Waals surface area contributed by atoms with Crippen LogP contribution in [0.25, 0.3) is 11.6 Å². The highest BCUT2D eigenvalue weighted by atomic mass is 35.5. The molecule has 7 heteroatoms. The number of hydrogen-bond acceptors (Lipinski definition) is 5. The molecule has 0 radical (unpaired) electrons. The zero-order valence-corrected chi connectivity index (χ0v) is 18.2. The molecule has 0 spiro atoms. The third kappa shape index (κ3) is 5.17. The second kappa shape index (κ2) is 10.1. The van der Waals surface area contributed by atoms with Gasteiger partial charge in [-0.25, -0.2) is 0 Å².